The molecule has 1 N–H and O–H groups in total. The van der Waals surface area contributed by atoms with Crippen LogP contribution in [-0.4, -0.2) is 15.9 Å². The number of aromatic nitrogens is 2. The Hall–Kier alpha value is -2.18. The van der Waals surface area contributed by atoms with E-state index in [1.165, 1.54) is 28.8 Å². The highest BCUT2D eigenvalue weighted by molar-refractivity contribution is 5.39. The third-order valence-corrected chi connectivity index (χ3v) is 2.72. The number of rotatable bonds is 3. The molecule has 1 aromatic carbocycles. The van der Waals surface area contributed by atoms with Crippen molar-refractivity contribution in [2.45, 2.75) is 26.1 Å². The quantitative estimate of drug-likeness (QED) is 0.942. The van der Waals surface area contributed by atoms with Crippen molar-refractivity contribution in [3.63, 3.8) is 0 Å². The van der Waals surface area contributed by atoms with Crippen molar-refractivity contribution in [1.29, 1.82) is 0 Å². The average Bonchev–Trinajstić information content (AvgIpc) is 2.70. The molecule has 0 unspecified atom stereocenters. The minimum Gasteiger partial charge on any atom is -0.406 e. The molecule has 0 aliphatic rings. The van der Waals surface area contributed by atoms with E-state index in [4.69, 9.17) is 0 Å². The average molecular weight is 286 g/mol. The van der Waals surface area contributed by atoms with E-state index >= 15 is 0 Å². The van der Waals surface area contributed by atoms with Crippen LogP contribution in [0.5, 0.6) is 5.75 Å². The smallest absolute Gasteiger partial charge is 0.406 e. The first kappa shape index (κ1) is 14.2. The zero-order valence-electron chi connectivity index (χ0n) is 10.9. The molecule has 0 aliphatic carbocycles. The maximum Gasteiger partial charge on any atom is 0.573 e. The Bertz CT molecular complexity index is 639. The molecule has 108 valence electrons. The molecule has 0 radical (unpaired) electrons. The number of imidazole rings is 1. The molecule has 0 spiro atoms. The fraction of sp³-hybridized carbons (Fsp3) is 0.308. The number of nitrogens with one attached hydrogen (secondary N) is 1. The number of hydrogen-bond donors (Lipinski definition) is 1. The van der Waals surface area contributed by atoms with Crippen LogP contribution in [0.25, 0.3) is 5.69 Å². The molecular formula is C13H13F3N2O2. The normalized spacial score (nSPS) is 11.9. The number of alkyl halides is 3. The summed E-state index contributed by atoms with van der Waals surface area (Å²) < 4.78 is 41.4. The molecule has 0 atom stereocenters. The summed E-state index contributed by atoms with van der Waals surface area (Å²) in [6, 6.07) is 5.16. The van der Waals surface area contributed by atoms with Gasteiger partial charge in [0.2, 0.25) is 0 Å². The molecule has 4 nitrogen and oxygen atoms in total. The summed E-state index contributed by atoms with van der Waals surface area (Å²) in [5, 5.41) is 0. The van der Waals surface area contributed by atoms with E-state index in [-0.39, 0.29) is 17.4 Å². The minimum atomic E-state index is -4.73. The summed E-state index contributed by atoms with van der Waals surface area (Å²) in [5.74, 6) is -0.226. The van der Waals surface area contributed by atoms with Crippen molar-refractivity contribution in [3.05, 3.63) is 46.6 Å². The van der Waals surface area contributed by atoms with Crippen LogP contribution in [0.3, 0.4) is 0 Å². The van der Waals surface area contributed by atoms with E-state index in [0.717, 1.165) is 5.69 Å². The molecule has 0 fully saturated rings. The van der Waals surface area contributed by atoms with E-state index in [9.17, 15) is 18.0 Å². The zero-order valence-corrected chi connectivity index (χ0v) is 10.9. The van der Waals surface area contributed by atoms with Crippen LogP contribution in [0.15, 0.2) is 35.3 Å². The van der Waals surface area contributed by atoms with Gasteiger partial charge in [-0.25, -0.2) is 4.79 Å². The van der Waals surface area contributed by atoms with Gasteiger partial charge in [0.15, 0.2) is 0 Å². The first-order valence-electron chi connectivity index (χ1n) is 5.94. The zero-order chi connectivity index (χ0) is 14.9. The fourth-order valence-electron chi connectivity index (χ4n) is 1.87. The largest absolute Gasteiger partial charge is 0.573 e. The van der Waals surface area contributed by atoms with Gasteiger partial charge in [0, 0.05) is 11.9 Å². The van der Waals surface area contributed by atoms with Gasteiger partial charge in [-0.05, 0) is 30.2 Å². The molecule has 2 rings (SSSR count). The molecule has 0 aliphatic heterocycles. The lowest BCUT2D eigenvalue weighted by Crippen LogP contribution is -2.18. The van der Waals surface area contributed by atoms with Gasteiger partial charge in [-0.1, -0.05) is 13.8 Å². The second kappa shape index (κ2) is 5.07. The third-order valence-electron chi connectivity index (χ3n) is 2.72. The Labute approximate surface area is 112 Å². The highest BCUT2D eigenvalue weighted by Crippen LogP contribution is 2.24. The predicted molar refractivity (Wildman–Crippen MR) is 67.2 cm³/mol. The summed E-state index contributed by atoms with van der Waals surface area (Å²) >= 11 is 0. The molecule has 1 heterocycles. The molecule has 1 aromatic heterocycles. The summed E-state index contributed by atoms with van der Waals surface area (Å²) in [6.07, 6.45) is -3.14. The highest BCUT2D eigenvalue weighted by atomic mass is 19.4. The summed E-state index contributed by atoms with van der Waals surface area (Å²) in [4.78, 5) is 14.3. The summed E-state index contributed by atoms with van der Waals surface area (Å²) in [5.41, 5.74) is 0.896. The number of halogens is 3. The van der Waals surface area contributed by atoms with Crippen molar-refractivity contribution < 1.29 is 17.9 Å². The lowest BCUT2D eigenvalue weighted by molar-refractivity contribution is -0.274. The monoisotopic (exact) mass is 286 g/mol. The molecule has 20 heavy (non-hydrogen) atoms. The molecule has 2 aromatic rings. The van der Waals surface area contributed by atoms with Gasteiger partial charge in [0.05, 0.1) is 5.69 Å². The number of H-pyrrole nitrogens is 1. The van der Waals surface area contributed by atoms with Crippen LogP contribution in [0, 0.1) is 0 Å². The van der Waals surface area contributed by atoms with Gasteiger partial charge < -0.3 is 9.72 Å². The van der Waals surface area contributed by atoms with Crippen molar-refractivity contribution in [2.75, 3.05) is 0 Å². The van der Waals surface area contributed by atoms with Crippen LogP contribution in [0.4, 0.5) is 13.2 Å². The number of aromatic amines is 1. The molecular weight excluding hydrogens is 273 g/mol. The van der Waals surface area contributed by atoms with Crippen LogP contribution in [0.1, 0.15) is 25.5 Å². The number of benzene rings is 1. The Kier molecular flexibility index (Phi) is 3.61. The Balaban J connectivity index is 2.36. The van der Waals surface area contributed by atoms with Gasteiger partial charge in [0.1, 0.15) is 5.75 Å². The van der Waals surface area contributed by atoms with Crippen LogP contribution >= 0.6 is 0 Å². The lowest BCUT2D eigenvalue weighted by Gasteiger charge is -2.12. The van der Waals surface area contributed by atoms with E-state index in [1.807, 2.05) is 13.8 Å². The van der Waals surface area contributed by atoms with Crippen molar-refractivity contribution >= 4 is 0 Å². The van der Waals surface area contributed by atoms with E-state index in [2.05, 4.69) is 9.72 Å². The second-order valence-electron chi connectivity index (χ2n) is 4.55. The molecule has 7 heteroatoms. The highest BCUT2D eigenvalue weighted by Gasteiger charge is 2.31. The maximum absolute atomic E-state index is 12.1. The topological polar surface area (TPSA) is 47.0 Å². The van der Waals surface area contributed by atoms with E-state index < -0.39 is 6.36 Å². The van der Waals surface area contributed by atoms with Gasteiger partial charge in [-0.3, -0.25) is 4.57 Å². The maximum atomic E-state index is 12.1. The van der Waals surface area contributed by atoms with Crippen LogP contribution < -0.4 is 10.4 Å². The number of ether oxygens (including phenoxy) is 1. The predicted octanol–water partition coefficient (Wildman–Crippen LogP) is 3.19. The third kappa shape index (κ3) is 3.04. The van der Waals surface area contributed by atoms with Crippen molar-refractivity contribution in [3.8, 4) is 11.4 Å². The van der Waals surface area contributed by atoms with Gasteiger partial charge in [-0.15, -0.1) is 13.2 Å². The number of nitrogens with zero attached hydrogens (tertiary/aromatic N) is 1. The Morgan fingerprint density at radius 2 is 1.80 bits per heavy atom. The van der Waals surface area contributed by atoms with E-state index in [0.29, 0.717) is 5.69 Å². The van der Waals surface area contributed by atoms with Crippen LogP contribution in [0.2, 0.25) is 0 Å². The summed E-state index contributed by atoms with van der Waals surface area (Å²) in [7, 11) is 0. The van der Waals surface area contributed by atoms with E-state index in [1.54, 1.807) is 6.20 Å². The molecule has 0 saturated carbocycles. The number of hydrogen-bond acceptors (Lipinski definition) is 2. The second-order valence-corrected chi connectivity index (χ2v) is 4.55. The first-order chi connectivity index (χ1) is 9.28. The van der Waals surface area contributed by atoms with Crippen molar-refractivity contribution in [1.82, 2.24) is 9.55 Å². The van der Waals surface area contributed by atoms with Crippen LogP contribution in [-0.2, 0) is 0 Å². The minimum absolute atomic E-state index is 0.0973. The standard InChI is InChI=1S/C13H13F3N2O2/c1-8(2)11-7-17-12(19)18(11)9-3-5-10(6-4-9)20-13(14,15)16/h3-8H,1-2H3,(H,17,19). The lowest BCUT2D eigenvalue weighted by atomic mass is 10.1. The first-order valence-corrected chi connectivity index (χ1v) is 5.94. The Morgan fingerprint density at radius 1 is 1.20 bits per heavy atom. The molecule has 0 saturated heterocycles. The van der Waals surface area contributed by atoms with Gasteiger partial charge in [0.25, 0.3) is 0 Å². The molecule has 0 bridgehead atoms. The Morgan fingerprint density at radius 3 is 2.30 bits per heavy atom. The van der Waals surface area contributed by atoms with Crippen molar-refractivity contribution in [2.24, 2.45) is 0 Å². The fourth-order valence-corrected chi connectivity index (χ4v) is 1.87. The molecule has 0 amide bonds. The van der Waals surface area contributed by atoms with Gasteiger partial charge >= 0.3 is 12.1 Å². The summed E-state index contributed by atoms with van der Waals surface area (Å²) in [6.45, 7) is 3.83. The van der Waals surface area contributed by atoms with Gasteiger partial charge in [-0.2, -0.15) is 0 Å². The SMILES string of the molecule is CC(C)c1c[nH]c(=O)n1-c1ccc(OC(F)(F)F)cc1.